The monoisotopic (exact) mass is 425 g/mol. The second-order valence-electron chi connectivity index (χ2n) is 6.93. The number of benzene rings is 2. The molecule has 3 rings (SSSR count). The van der Waals surface area contributed by atoms with Crippen molar-refractivity contribution in [3.63, 3.8) is 0 Å². The number of para-hydroxylation sites is 1. The zero-order chi connectivity index (χ0) is 21.4. The molecule has 7 heteroatoms. The second kappa shape index (κ2) is 10.4. The van der Waals surface area contributed by atoms with Crippen LogP contribution in [0.25, 0.3) is 11.3 Å². The third kappa shape index (κ3) is 5.68. The Balaban J connectivity index is 1.81. The van der Waals surface area contributed by atoms with E-state index in [1.165, 1.54) is 6.33 Å². The molecule has 1 aromatic heterocycles. The minimum Gasteiger partial charge on any atom is -0.496 e. The molecule has 0 spiro atoms. The average molecular weight is 425 g/mol. The number of hydrogen-bond donors (Lipinski definition) is 1. The van der Waals surface area contributed by atoms with E-state index in [1.54, 1.807) is 7.11 Å². The molecular formula is C23H28N3O3P. The third-order valence-electron chi connectivity index (χ3n) is 4.60. The highest BCUT2D eigenvalue weighted by atomic mass is 31.2. The van der Waals surface area contributed by atoms with E-state index >= 15 is 0 Å². The number of nitrogens with one attached hydrogen (secondary N) is 1. The first-order valence-electron chi connectivity index (χ1n) is 10.1. The van der Waals surface area contributed by atoms with Crippen LogP contribution in [0.2, 0.25) is 0 Å². The van der Waals surface area contributed by atoms with Crippen molar-refractivity contribution in [3.8, 4) is 17.0 Å². The number of methoxy groups -OCH3 is 1. The largest absolute Gasteiger partial charge is 0.496 e. The van der Waals surface area contributed by atoms with Gasteiger partial charge in [-0.05, 0) is 43.2 Å². The lowest BCUT2D eigenvalue weighted by atomic mass is 10.1. The SMILES string of the molecule is CCCP(=O)(Cc1cccc(Nc2cc(-c3ccccc3OC)ncn2)c1)OCC. The number of hydrogen-bond acceptors (Lipinski definition) is 6. The van der Waals surface area contributed by atoms with Crippen LogP contribution in [0, 0.1) is 0 Å². The first kappa shape index (κ1) is 22.0. The van der Waals surface area contributed by atoms with Crippen LogP contribution in [0.1, 0.15) is 25.8 Å². The maximum Gasteiger partial charge on any atom is 0.207 e. The van der Waals surface area contributed by atoms with E-state index < -0.39 is 7.37 Å². The van der Waals surface area contributed by atoms with Gasteiger partial charge >= 0.3 is 0 Å². The smallest absolute Gasteiger partial charge is 0.207 e. The minimum atomic E-state index is -2.67. The van der Waals surface area contributed by atoms with E-state index in [0.29, 0.717) is 24.7 Å². The molecule has 0 amide bonds. The molecule has 0 bridgehead atoms. The van der Waals surface area contributed by atoms with Crippen LogP contribution in [0.3, 0.4) is 0 Å². The summed E-state index contributed by atoms with van der Waals surface area (Å²) in [5, 5.41) is 3.32. The maximum absolute atomic E-state index is 13.0. The number of nitrogens with zero attached hydrogens (tertiary/aromatic N) is 2. The highest BCUT2D eigenvalue weighted by Gasteiger charge is 2.22. The fourth-order valence-corrected chi connectivity index (χ4v) is 5.65. The lowest BCUT2D eigenvalue weighted by Gasteiger charge is -2.17. The van der Waals surface area contributed by atoms with Gasteiger partial charge in [0.15, 0.2) is 0 Å². The molecule has 0 radical (unpaired) electrons. The average Bonchev–Trinajstić information content (AvgIpc) is 2.74. The maximum atomic E-state index is 13.0. The van der Waals surface area contributed by atoms with Gasteiger partial charge in [0.05, 0.1) is 19.4 Å². The minimum absolute atomic E-state index is 0.431. The van der Waals surface area contributed by atoms with E-state index in [0.717, 1.165) is 34.7 Å². The molecule has 6 nitrogen and oxygen atoms in total. The molecule has 0 saturated carbocycles. The van der Waals surface area contributed by atoms with Gasteiger partial charge in [-0.25, -0.2) is 9.97 Å². The molecule has 30 heavy (non-hydrogen) atoms. The summed E-state index contributed by atoms with van der Waals surface area (Å²) in [4.78, 5) is 8.72. The summed E-state index contributed by atoms with van der Waals surface area (Å²) in [5.74, 6) is 1.43. The van der Waals surface area contributed by atoms with Crippen LogP contribution in [0.15, 0.2) is 60.9 Å². The third-order valence-corrected chi connectivity index (χ3v) is 7.31. The summed E-state index contributed by atoms with van der Waals surface area (Å²) < 4.78 is 24.1. The Hall–Kier alpha value is -2.69. The van der Waals surface area contributed by atoms with Gasteiger partial charge in [0.25, 0.3) is 0 Å². The van der Waals surface area contributed by atoms with Gasteiger partial charge in [-0.2, -0.15) is 0 Å². The molecule has 0 saturated heterocycles. The number of ether oxygens (including phenoxy) is 1. The lowest BCUT2D eigenvalue weighted by Crippen LogP contribution is -2.00. The highest BCUT2D eigenvalue weighted by molar-refractivity contribution is 7.58. The van der Waals surface area contributed by atoms with E-state index in [-0.39, 0.29) is 0 Å². The van der Waals surface area contributed by atoms with Crippen LogP contribution < -0.4 is 10.1 Å². The van der Waals surface area contributed by atoms with Crippen molar-refractivity contribution in [3.05, 3.63) is 66.5 Å². The van der Waals surface area contributed by atoms with E-state index in [4.69, 9.17) is 9.26 Å². The molecule has 0 aliphatic rings. The summed E-state index contributed by atoms with van der Waals surface area (Å²) in [6.07, 6.45) is 3.38. The Kier molecular flexibility index (Phi) is 7.61. The topological polar surface area (TPSA) is 73.3 Å². The fourth-order valence-electron chi connectivity index (χ4n) is 3.37. The molecule has 1 atom stereocenters. The Bertz CT molecular complexity index is 1020. The van der Waals surface area contributed by atoms with Crippen LogP contribution in [0.5, 0.6) is 5.75 Å². The summed E-state index contributed by atoms with van der Waals surface area (Å²) in [6.45, 7) is 4.37. The lowest BCUT2D eigenvalue weighted by molar-refractivity contribution is 0.332. The van der Waals surface area contributed by atoms with Gasteiger partial charge < -0.3 is 14.6 Å². The molecule has 0 fully saturated rings. The Labute approximate surface area is 178 Å². The Morgan fingerprint density at radius 1 is 1.03 bits per heavy atom. The molecule has 2 aromatic carbocycles. The molecule has 1 heterocycles. The second-order valence-corrected chi connectivity index (χ2v) is 9.58. The zero-order valence-corrected chi connectivity index (χ0v) is 18.6. The first-order chi connectivity index (χ1) is 14.6. The summed E-state index contributed by atoms with van der Waals surface area (Å²) in [7, 11) is -1.02. The molecular weight excluding hydrogens is 397 g/mol. The zero-order valence-electron chi connectivity index (χ0n) is 17.7. The van der Waals surface area contributed by atoms with E-state index in [1.807, 2.05) is 68.4 Å². The summed E-state index contributed by atoms with van der Waals surface area (Å²) in [6, 6.07) is 17.5. The van der Waals surface area contributed by atoms with Crippen molar-refractivity contribution in [2.45, 2.75) is 26.4 Å². The normalized spacial score (nSPS) is 12.9. The van der Waals surface area contributed by atoms with Gasteiger partial charge in [-0.3, -0.25) is 4.57 Å². The molecule has 1 N–H and O–H groups in total. The standard InChI is InChI=1S/C23H28N3O3P/c1-4-13-30(27,29-5-2)16-18-9-8-10-19(14-18)26-23-15-21(24-17-25-23)20-11-6-7-12-22(20)28-3/h6-12,14-15,17H,4-5,13,16H2,1-3H3,(H,24,25,26). The van der Waals surface area contributed by atoms with Crippen molar-refractivity contribution in [1.29, 1.82) is 0 Å². The quantitative estimate of drug-likeness (QED) is 0.395. The predicted molar refractivity (Wildman–Crippen MR) is 122 cm³/mol. The van der Waals surface area contributed by atoms with Crippen LogP contribution in [0.4, 0.5) is 11.5 Å². The van der Waals surface area contributed by atoms with Crippen molar-refractivity contribution in [2.75, 3.05) is 25.2 Å². The predicted octanol–water partition coefficient (Wildman–Crippen LogP) is 6.12. The van der Waals surface area contributed by atoms with Crippen molar-refractivity contribution in [2.24, 2.45) is 0 Å². The highest BCUT2D eigenvalue weighted by Crippen LogP contribution is 2.50. The fraction of sp³-hybridized carbons (Fsp3) is 0.304. The van der Waals surface area contributed by atoms with Crippen LogP contribution >= 0.6 is 7.37 Å². The van der Waals surface area contributed by atoms with E-state index in [9.17, 15) is 4.57 Å². The number of aromatic nitrogens is 2. The Morgan fingerprint density at radius 2 is 1.87 bits per heavy atom. The van der Waals surface area contributed by atoms with Crippen LogP contribution in [-0.4, -0.2) is 29.8 Å². The molecule has 158 valence electrons. The van der Waals surface area contributed by atoms with Gasteiger partial charge in [-0.1, -0.05) is 31.2 Å². The van der Waals surface area contributed by atoms with Gasteiger partial charge in [-0.15, -0.1) is 0 Å². The van der Waals surface area contributed by atoms with Gasteiger partial charge in [0.2, 0.25) is 7.37 Å². The molecule has 0 aliphatic heterocycles. The van der Waals surface area contributed by atoms with Crippen molar-refractivity contribution < 1.29 is 13.8 Å². The molecule has 0 aliphatic carbocycles. The van der Waals surface area contributed by atoms with Crippen molar-refractivity contribution in [1.82, 2.24) is 9.97 Å². The van der Waals surface area contributed by atoms with Gasteiger partial charge in [0, 0.05) is 29.6 Å². The summed E-state index contributed by atoms with van der Waals surface area (Å²) in [5.41, 5.74) is 3.52. The first-order valence-corrected chi connectivity index (χ1v) is 12.1. The molecule has 3 aromatic rings. The van der Waals surface area contributed by atoms with Crippen LogP contribution in [-0.2, 0) is 15.3 Å². The number of rotatable bonds is 10. The van der Waals surface area contributed by atoms with Gasteiger partial charge in [0.1, 0.15) is 17.9 Å². The molecule has 1 unspecified atom stereocenters. The Morgan fingerprint density at radius 3 is 2.63 bits per heavy atom. The number of anilines is 2. The summed E-state index contributed by atoms with van der Waals surface area (Å²) >= 11 is 0. The van der Waals surface area contributed by atoms with Crippen molar-refractivity contribution >= 4 is 18.9 Å². The van der Waals surface area contributed by atoms with E-state index in [2.05, 4.69) is 15.3 Å².